The normalized spacial score (nSPS) is 9.94. The zero-order valence-corrected chi connectivity index (χ0v) is 9.89. The molecular formula is C14H16N2O. The number of para-hydroxylation sites is 2. The van der Waals surface area contributed by atoms with E-state index in [2.05, 4.69) is 10.3 Å². The van der Waals surface area contributed by atoms with Gasteiger partial charge in [0.15, 0.2) is 0 Å². The lowest BCUT2D eigenvalue weighted by molar-refractivity contribution is 0.341. The Kier molecular flexibility index (Phi) is 3.97. The summed E-state index contributed by atoms with van der Waals surface area (Å²) in [5, 5.41) is 3.36. The van der Waals surface area contributed by atoms with Gasteiger partial charge in [0.1, 0.15) is 5.75 Å². The van der Waals surface area contributed by atoms with Crippen LogP contribution in [0.4, 0.5) is 5.69 Å². The van der Waals surface area contributed by atoms with Crippen LogP contribution in [0.2, 0.25) is 0 Å². The summed E-state index contributed by atoms with van der Waals surface area (Å²) in [6, 6.07) is 12.0. The van der Waals surface area contributed by atoms with E-state index >= 15 is 0 Å². The number of ether oxygens (including phenoxy) is 1. The van der Waals surface area contributed by atoms with Gasteiger partial charge in [-0.1, -0.05) is 12.1 Å². The Morgan fingerprint density at radius 3 is 2.65 bits per heavy atom. The summed E-state index contributed by atoms with van der Waals surface area (Å²) >= 11 is 0. The van der Waals surface area contributed by atoms with Crippen LogP contribution in [0.15, 0.2) is 48.8 Å². The minimum atomic E-state index is 0.675. The quantitative estimate of drug-likeness (QED) is 0.853. The molecule has 2 rings (SSSR count). The molecule has 3 nitrogen and oxygen atoms in total. The van der Waals surface area contributed by atoms with Crippen LogP contribution in [0.3, 0.4) is 0 Å². The molecule has 0 bridgehead atoms. The summed E-state index contributed by atoms with van der Waals surface area (Å²) < 4.78 is 5.55. The number of nitrogens with zero attached hydrogens (tertiary/aromatic N) is 1. The first-order valence-corrected chi connectivity index (χ1v) is 5.74. The molecule has 0 aliphatic heterocycles. The van der Waals surface area contributed by atoms with Crippen molar-refractivity contribution < 1.29 is 4.74 Å². The third-order valence-corrected chi connectivity index (χ3v) is 2.42. The van der Waals surface area contributed by atoms with Crippen molar-refractivity contribution >= 4 is 5.69 Å². The summed E-state index contributed by atoms with van der Waals surface area (Å²) in [6.45, 7) is 3.43. The first kappa shape index (κ1) is 11.5. The molecule has 1 heterocycles. The minimum Gasteiger partial charge on any atom is -0.492 e. The van der Waals surface area contributed by atoms with E-state index in [1.165, 1.54) is 5.56 Å². The average molecular weight is 228 g/mol. The maximum absolute atomic E-state index is 5.55. The predicted molar refractivity (Wildman–Crippen MR) is 69.2 cm³/mol. The molecule has 17 heavy (non-hydrogen) atoms. The lowest BCUT2D eigenvalue weighted by atomic mass is 10.2. The molecule has 0 spiro atoms. The van der Waals surface area contributed by atoms with Crippen LogP contribution in [-0.2, 0) is 6.54 Å². The van der Waals surface area contributed by atoms with Gasteiger partial charge in [0, 0.05) is 18.9 Å². The van der Waals surface area contributed by atoms with Crippen LogP contribution < -0.4 is 10.1 Å². The van der Waals surface area contributed by atoms with E-state index in [0.717, 1.165) is 18.0 Å². The van der Waals surface area contributed by atoms with Crippen molar-refractivity contribution in [2.45, 2.75) is 13.5 Å². The summed E-state index contributed by atoms with van der Waals surface area (Å²) in [7, 11) is 0. The van der Waals surface area contributed by atoms with Crippen molar-refractivity contribution in [3.63, 3.8) is 0 Å². The maximum atomic E-state index is 5.55. The number of pyridine rings is 1. The summed E-state index contributed by atoms with van der Waals surface area (Å²) in [4.78, 5) is 3.99. The Morgan fingerprint density at radius 1 is 1.12 bits per heavy atom. The number of aromatic nitrogens is 1. The molecule has 0 radical (unpaired) electrons. The summed E-state index contributed by atoms with van der Waals surface area (Å²) in [5.41, 5.74) is 2.22. The molecule has 2 aromatic rings. The van der Waals surface area contributed by atoms with Crippen molar-refractivity contribution in [2.24, 2.45) is 0 Å². The number of rotatable bonds is 5. The van der Waals surface area contributed by atoms with Crippen molar-refractivity contribution in [1.29, 1.82) is 0 Å². The zero-order valence-electron chi connectivity index (χ0n) is 9.89. The Hall–Kier alpha value is -2.03. The zero-order chi connectivity index (χ0) is 11.9. The van der Waals surface area contributed by atoms with Crippen LogP contribution >= 0.6 is 0 Å². The lowest BCUT2D eigenvalue weighted by Gasteiger charge is -2.11. The van der Waals surface area contributed by atoms with Gasteiger partial charge in [-0.2, -0.15) is 0 Å². The summed E-state index contributed by atoms with van der Waals surface area (Å²) in [5.74, 6) is 0.893. The van der Waals surface area contributed by atoms with Crippen LogP contribution in [0, 0.1) is 0 Å². The SMILES string of the molecule is CCOc1ccccc1NCc1ccncc1. The topological polar surface area (TPSA) is 34.1 Å². The average Bonchev–Trinajstić information content (AvgIpc) is 2.39. The second-order valence-electron chi connectivity index (χ2n) is 3.64. The largest absolute Gasteiger partial charge is 0.492 e. The van der Waals surface area contributed by atoms with Gasteiger partial charge in [-0.3, -0.25) is 4.98 Å². The fourth-order valence-electron chi connectivity index (χ4n) is 1.59. The van der Waals surface area contributed by atoms with Gasteiger partial charge in [-0.25, -0.2) is 0 Å². The molecule has 1 aromatic carbocycles. The van der Waals surface area contributed by atoms with E-state index < -0.39 is 0 Å². The van der Waals surface area contributed by atoms with Gasteiger partial charge < -0.3 is 10.1 Å². The molecule has 0 saturated carbocycles. The van der Waals surface area contributed by atoms with E-state index in [1.807, 2.05) is 43.3 Å². The molecule has 0 atom stereocenters. The number of nitrogens with one attached hydrogen (secondary N) is 1. The van der Waals surface area contributed by atoms with Crippen LogP contribution in [-0.4, -0.2) is 11.6 Å². The molecule has 3 heteroatoms. The molecule has 0 saturated heterocycles. The van der Waals surface area contributed by atoms with Crippen LogP contribution in [0.25, 0.3) is 0 Å². The highest BCUT2D eigenvalue weighted by Crippen LogP contribution is 2.24. The van der Waals surface area contributed by atoms with Crippen LogP contribution in [0.1, 0.15) is 12.5 Å². The smallest absolute Gasteiger partial charge is 0.142 e. The molecule has 0 amide bonds. The van der Waals surface area contributed by atoms with Gasteiger partial charge in [-0.15, -0.1) is 0 Å². The molecule has 0 aliphatic carbocycles. The van der Waals surface area contributed by atoms with Gasteiger partial charge in [0.2, 0.25) is 0 Å². The first-order valence-electron chi connectivity index (χ1n) is 5.74. The van der Waals surface area contributed by atoms with Gasteiger partial charge in [-0.05, 0) is 36.8 Å². The van der Waals surface area contributed by atoms with Crippen molar-refractivity contribution in [2.75, 3.05) is 11.9 Å². The number of anilines is 1. The standard InChI is InChI=1S/C14H16N2O/c1-2-17-14-6-4-3-5-13(14)16-11-12-7-9-15-10-8-12/h3-10,16H,2,11H2,1H3. The fraction of sp³-hybridized carbons (Fsp3) is 0.214. The fourth-order valence-corrected chi connectivity index (χ4v) is 1.59. The Morgan fingerprint density at radius 2 is 1.88 bits per heavy atom. The molecule has 1 N–H and O–H groups in total. The van der Waals surface area contributed by atoms with E-state index in [-0.39, 0.29) is 0 Å². The Bertz CT molecular complexity index is 457. The second kappa shape index (κ2) is 5.89. The third-order valence-electron chi connectivity index (χ3n) is 2.42. The number of hydrogen-bond acceptors (Lipinski definition) is 3. The lowest BCUT2D eigenvalue weighted by Crippen LogP contribution is -2.02. The van der Waals surface area contributed by atoms with Crippen molar-refractivity contribution in [3.8, 4) is 5.75 Å². The molecular weight excluding hydrogens is 212 g/mol. The Labute approximate surface area is 101 Å². The number of hydrogen-bond donors (Lipinski definition) is 1. The van der Waals surface area contributed by atoms with Gasteiger partial charge >= 0.3 is 0 Å². The third kappa shape index (κ3) is 3.21. The molecule has 88 valence electrons. The van der Waals surface area contributed by atoms with Gasteiger partial charge in [0.05, 0.1) is 12.3 Å². The first-order chi connectivity index (χ1) is 8.40. The minimum absolute atomic E-state index is 0.675. The van der Waals surface area contributed by atoms with E-state index in [0.29, 0.717) is 6.61 Å². The van der Waals surface area contributed by atoms with Gasteiger partial charge in [0.25, 0.3) is 0 Å². The van der Waals surface area contributed by atoms with Crippen LogP contribution in [0.5, 0.6) is 5.75 Å². The Balaban J connectivity index is 2.03. The van der Waals surface area contributed by atoms with E-state index in [1.54, 1.807) is 12.4 Å². The highest BCUT2D eigenvalue weighted by molar-refractivity contribution is 5.56. The monoisotopic (exact) mass is 228 g/mol. The van der Waals surface area contributed by atoms with Crippen molar-refractivity contribution in [3.05, 3.63) is 54.4 Å². The number of benzene rings is 1. The molecule has 1 aromatic heterocycles. The van der Waals surface area contributed by atoms with Crippen molar-refractivity contribution in [1.82, 2.24) is 4.98 Å². The molecule has 0 fully saturated rings. The van der Waals surface area contributed by atoms with E-state index in [4.69, 9.17) is 4.74 Å². The predicted octanol–water partition coefficient (Wildman–Crippen LogP) is 3.09. The maximum Gasteiger partial charge on any atom is 0.142 e. The van der Waals surface area contributed by atoms with E-state index in [9.17, 15) is 0 Å². The molecule has 0 aliphatic rings. The molecule has 0 unspecified atom stereocenters. The highest BCUT2D eigenvalue weighted by Gasteiger charge is 2.01. The summed E-state index contributed by atoms with van der Waals surface area (Å²) in [6.07, 6.45) is 3.59. The highest BCUT2D eigenvalue weighted by atomic mass is 16.5. The second-order valence-corrected chi connectivity index (χ2v) is 3.64.